The third-order valence-electron chi connectivity index (χ3n) is 5.12. The van der Waals surface area contributed by atoms with Crippen molar-refractivity contribution in [1.82, 2.24) is 5.32 Å². The highest BCUT2D eigenvalue weighted by atomic mass is 16.5. The minimum absolute atomic E-state index is 0.0489. The van der Waals surface area contributed by atoms with Crippen molar-refractivity contribution < 1.29 is 24.2 Å². The van der Waals surface area contributed by atoms with Crippen LogP contribution in [0.1, 0.15) is 96.3 Å². The van der Waals surface area contributed by atoms with E-state index in [0.717, 1.165) is 38.5 Å². The fourth-order valence-corrected chi connectivity index (χ4v) is 3.27. The molecule has 6 heteroatoms. The molecule has 0 heterocycles. The molecule has 30 heavy (non-hydrogen) atoms. The SMILES string of the molecule is COC(=O)CCC/C=C/CCCCCCCCCCCC(=O)NCCC[N+](C)(C)O. The van der Waals surface area contributed by atoms with Gasteiger partial charge in [-0.05, 0) is 32.1 Å². The highest BCUT2D eigenvalue weighted by Gasteiger charge is 2.09. The molecular formula is C24H47N2O4+. The average Bonchev–Trinajstić information content (AvgIpc) is 2.69. The summed E-state index contributed by atoms with van der Waals surface area (Å²) in [5, 5.41) is 12.5. The van der Waals surface area contributed by atoms with Crippen LogP contribution in [0.25, 0.3) is 0 Å². The number of rotatable bonds is 20. The number of hydrogen-bond donors (Lipinski definition) is 2. The molecule has 0 aliphatic rings. The maximum absolute atomic E-state index is 11.7. The van der Waals surface area contributed by atoms with Crippen molar-refractivity contribution in [2.24, 2.45) is 0 Å². The minimum Gasteiger partial charge on any atom is -0.469 e. The van der Waals surface area contributed by atoms with E-state index < -0.39 is 0 Å². The first-order valence-electron chi connectivity index (χ1n) is 11.9. The van der Waals surface area contributed by atoms with Gasteiger partial charge in [-0.3, -0.25) is 9.59 Å². The maximum Gasteiger partial charge on any atom is 0.305 e. The van der Waals surface area contributed by atoms with E-state index >= 15 is 0 Å². The quantitative estimate of drug-likeness (QED) is 0.0926. The summed E-state index contributed by atoms with van der Waals surface area (Å²) in [7, 11) is 4.90. The van der Waals surface area contributed by atoms with Gasteiger partial charge < -0.3 is 10.1 Å². The van der Waals surface area contributed by atoms with Crippen LogP contribution in [0.2, 0.25) is 0 Å². The Morgan fingerprint density at radius 2 is 1.33 bits per heavy atom. The van der Waals surface area contributed by atoms with E-state index in [1.165, 1.54) is 52.1 Å². The number of allylic oxidation sites excluding steroid dienone is 2. The van der Waals surface area contributed by atoms with Crippen LogP contribution in [-0.4, -0.2) is 56.0 Å². The molecule has 0 aliphatic heterocycles. The van der Waals surface area contributed by atoms with Gasteiger partial charge >= 0.3 is 5.97 Å². The van der Waals surface area contributed by atoms with E-state index in [2.05, 4.69) is 22.2 Å². The van der Waals surface area contributed by atoms with Gasteiger partial charge in [0.05, 0.1) is 21.2 Å². The first-order chi connectivity index (χ1) is 14.3. The summed E-state index contributed by atoms with van der Waals surface area (Å²) < 4.78 is 4.57. The largest absolute Gasteiger partial charge is 0.469 e. The number of quaternary nitrogens is 1. The number of nitrogens with one attached hydrogen (secondary N) is 1. The van der Waals surface area contributed by atoms with Crippen molar-refractivity contribution in [2.45, 2.75) is 96.3 Å². The molecule has 0 saturated carbocycles. The number of carbonyl (C=O) groups is 2. The summed E-state index contributed by atoms with van der Waals surface area (Å²) in [6.45, 7) is 1.29. The van der Waals surface area contributed by atoms with Gasteiger partial charge in [0.25, 0.3) is 0 Å². The first-order valence-corrected chi connectivity index (χ1v) is 11.9. The Bertz CT molecular complexity index is 459. The zero-order chi connectivity index (χ0) is 22.5. The molecule has 2 N–H and O–H groups in total. The van der Waals surface area contributed by atoms with Crippen molar-refractivity contribution in [3.8, 4) is 0 Å². The molecule has 0 aromatic rings. The number of methoxy groups -OCH3 is 1. The van der Waals surface area contributed by atoms with Crippen LogP contribution in [0.3, 0.4) is 0 Å². The molecule has 0 fully saturated rings. The lowest BCUT2D eigenvalue weighted by atomic mass is 10.1. The Labute approximate surface area is 184 Å². The standard InChI is InChI=1S/C24H46N2O4/c1-26(2,29)22-18-21-25-23(27)19-16-14-12-10-8-6-4-5-7-9-11-13-15-17-20-24(28)30-3/h11,13,29H,4-10,12,14-22H2,1-3H3/p+1/b13-11+. The number of carbonyl (C=O) groups excluding carboxylic acids is 2. The Kier molecular flexibility index (Phi) is 18.6. The second-order valence-electron chi connectivity index (χ2n) is 8.71. The van der Waals surface area contributed by atoms with Gasteiger partial charge in [-0.1, -0.05) is 57.1 Å². The Morgan fingerprint density at radius 1 is 0.800 bits per heavy atom. The van der Waals surface area contributed by atoms with Crippen molar-refractivity contribution in [1.29, 1.82) is 0 Å². The maximum atomic E-state index is 11.7. The van der Waals surface area contributed by atoms with E-state index in [-0.39, 0.29) is 16.5 Å². The van der Waals surface area contributed by atoms with Crippen molar-refractivity contribution in [3.05, 3.63) is 12.2 Å². The van der Waals surface area contributed by atoms with Gasteiger partial charge in [0.15, 0.2) is 0 Å². The Morgan fingerprint density at radius 3 is 1.90 bits per heavy atom. The zero-order valence-corrected chi connectivity index (χ0v) is 19.8. The smallest absolute Gasteiger partial charge is 0.305 e. The van der Waals surface area contributed by atoms with E-state index in [0.29, 0.717) is 25.9 Å². The summed E-state index contributed by atoms with van der Waals surface area (Å²) in [6.07, 6.45) is 20.3. The Hall–Kier alpha value is -1.40. The number of hydroxylamine groups is 3. The van der Waals surface area contributed by atoms with Crippen LogP contribution >= 0.6 is 0 Å². The molecule has 0 bridgehead atoms. The lowest BCUT2D eigenvalue weighted by Gasteiger charge is -2.19. The first kappa shape index (κ1) is 28.6. The summed E-state index contributed by atoms with van der Waals surface area (Å²) in [6, 6.07) is 0. The molecular weight excluding hydrogens is 380 g/mol. The van der Waals surface area contributed by atoms with Crippen LogP contribution < -0.4 is 5.32 Å². The molecule has 0 rings (SSSR count). The fraction of sp³-hybridized carbons (Fsp3) is 0.833. The zero-order valence-electron chi connectivity index (χ0n) is 19.8. The highest BCUT2D eigenvalue weighted by Crippen LogP contribution is 2.12. The van der Waals surface area contributed by atoms with Crippen LogP contribution in [0.15, 0.2) is 12.2 Å². The van der Waals surface area contributed by atoms with E-state index in [1.54, 1.807) is 14.1 Å². The topological polar surface area (TPSA) is 75.6 Å². The van der Waals surface area contributed by atoms with Gasteiger partial charge in [0.2, 0.25) is 5.91 Å². The lowest BCUT2D eigenvalue weighted by Crippen LogP contribution is -2.38. The fourth-order valence-electron chi connectivity index (χ4n) is 3.27. The molecule has 0 aliphatic carbocycles. The van der Waals surface area contributed by atoms with E-state index in [4.69, 9.17) is 0 Å². The van der Waals surface area contributed by atoms with Gasteiger partial charge in [-0.15, -0.1) is 0 Å². The van der Waals surface area contributed by atoms with Crippen LogP contribution in [0, 0.1) is 0 Å². The Balaban J connectivity index is 3.26. The molecule has 0 radical (unpaired) electrons. The van der Waals surface area contributed by atoms with Crippen molar-refractivity contribution >= 4 is 11.9 Å². The lowest BCUT2D eigenvalue weighted by molar-refractivity contribution is -1.07. The summed E-state index contributed by atoms with van der Waals surface area (Å²) in [5.74, 6) is 0.0127. The summed E-state index contributed by atoms with van der Waals surface area (Å²) in [4.78, 5) is 22.7. The molecule has 6 nitrogen and oxygen atoms in total. The molecule has 176 valence electrons. The van der Waals surface area contributed by atoms with Crippen LogP contribution in [0.5, 0.6) is 0 Å². The van der Waals surface area contributed by atoms with Gasteiger partial charge in [0.1, 0.15) is 6.54 Å². The number of unbranched alkanes of at least 4 members (excludes halogenated alkanes) is 10. The number of esters is 1. The van der Waals surface area contributed by atoms with Gasteiger partial charge in [0, 0.05) is 25.8 Å². The van der Waals surface area contributed by atoms with Gasteiger partial charge in [-0.2, -0.15) is 4.65 Å². The summed E-state index contributed by atoms with van der Waals surface area (Å²) in [5.41, 5.74) is 0. The second kappa shape index (κ2) is 19.6. The number of ether oxygens (including phenoxy) is 1. The molecule has 0 spiro atoms. The van der Waals surface area contributed by atoms with E-state index in [9.17, 15) is 14.8 Å². The monoisotopic (exact) mass is 427 g/mol. The third-order valence-corrected chi connectivity index (χ3v) is 5.12. The molecule has 0 aromatic carbocycles. The molecule has 1 amide bonds. The second-order valence-corrected chi connectivity index (χ2v) is 8.71. The van der Waals surface area contributed by atoms with E-state index in [1.807, 2.05) is 0 Å². The van der Waals surface area contributed by atoms with Crippen LogP contribution in [-0.2, 0) is 14.3 Å². The van der Waals surface area contributed by atoms with Crippen LogP contribution in [0.4, 0.5) is 0 Å². The molecule has 0 aromatic heterocycles. The van der Waals surface area contributed by atoms with Gasteiger partial charge in [-0.25, -0.2) is 5.21 Å². The molecule has 0 unspecified atom stereocenters. The predicted octanol–water partition coefficient (Wildman–Crippen LogP) is 5.15. The third kappa shape index (κ3) is 22.9. The van der Waals surface area contributed by atoms with Crippen molar-refractivity contribution in [2.75, 3.05) is 34.3 Å². The number of amides is 1. The number of hydrogen-bond acceptors (Lipinski definition) is 4. The normalized spacial score (nSPS) is 11.7. The molecule has 0 saturated heterocycles. The van der Waals surface area contributed by atoms with Crippen molar-refractivity contribution in [3.63, 3.8) is 0 Å². The predicted molar refractivity (Wildman–Crippen MR) is 122 cm³/mol. The average molecular weight is 428 g/mol. The minimum atomic E-state index is -0.122. The summed E-state index contributed by atoms with van der Waals surface area (Å²) >= 11 is 0. The number of nitrogens with zero attached hydrogens (tertiary/aromatic N) is 1. The highest BCUT2D eigenvalue weighted by molar-refractivity contribution is 5.75. The molecule has 0 atom stereocenters.